The van der Waals surface area contributed by atoms with E-state index in [1.807, 2.05) is 50.2 Å². The fraction of sp³-hybridized carbons (Fsp3) is 0.400. The van der Waals surface area contributed by atoms with Crippen molar-refractivity contribution in [3.05, 3.63) is 47.8 Å². The van der Waals surface area contributed by atoms with Gasteiger partial charge in [0.1, 0.15) is 6.54 Å². The van der Waals surface area contributed by atoms with Crippen LogP contribution in [0.5, 0.6) is 0 Å². The highest BCUT2D eigenvalue weighted by Crippen LogP contribution is 2.18. The maximum absolute atomic E-state index is 12.3. The van der Waals surface area contributed by atoms with E-state index in [9.17, 15) is 14.4 Å². The van der Waals surface area contributed by atoms with E-state index < -0.39 is 0 Å². The number of nitrogens with zero attached hydrogens (tertiary/aromatic N) is 3. The molecule has 9 nitrogen and oxygen atoms in total. The molecule has 1 saturated heterocycles. The number of nitrogens with one attached hydrogen (secondary N) is 3. The average molecular weight is 398 g/mol. The molecule has 0 radical (unpaired) electrons. The van der Waals surface area contributed by atoms with Gasteiger partial charge in [-0.3, -0.25) is 25.1 Å². The number of aromatic nitrogens is 2. The average Bonchev–Trinajstić information content (AvgIpc) is 3.03. The standard InChI is InChI=1S/C20H26N6O3/c1-14-12-15(2)26(24-14)13-18(27)22-23-19(28)16-8-10-25(11-9-16)20(29)21-17-6-4-3-5-7-17/h3-7,12,16H,8-11,13H2,1-2H3,(H,21,29)(H,22,27)(H,23,28). The van der Waals surface area contributed by atoms with Crippen molar-refractivity contribution < 1.29 is 14.4 Å². The monoisotopic (exact) mass is 398 g/mol. The van der Waals surface area contributed by atoms with E-state index in [0.717, 1.165) is 17.1 Å². The number of carbonyl (C=O) groups is 3. The quantitative estimate of drug-likeness (QED) is 0.680. The minimum absolute atomic E-state index is 0.0397. The number of hydrogen-bond acceptors (Lipinski definition) is 4. The van der Waals surface area contributed by atoms with E-state index in [2.05, 4.69) is 21.3 Å². The molecule has 2 heterocycles. The lowest BCUT2D eigenvalue weighted by atomic mass is 9.96. The molecular formula is C20H26N6O3. The summed E-state index contributed by atoms with van der Waals surface area (Å²) >= 11 is 0. The zero-order valence-electron chi connectivity index (χ0n) is 16.6. The SMILES string of the molecule is Cc1cc(C)n(CC(=O)NNC(=O)C2CCN(C(=O)Nc3ccccc3)CC2)n1. The molecule has 9 heteroatoms. The fourth-order valence-corrected chi connectivity index (χ4v) is 3.31. The Balaban J connectivity index is 1.40. The van der Waals surface area contributed by atoms with Crippen molar-refractivity contribution in [1.82, 2.24) is 25.5 Å². The van der Waals surface area contributed by atoms with Crippen molar-refractivity contribution in [3.63, 3.8) is 0 Å². The largest absolute Gasteiger partial charge is 0.324 e. The zero-order chi connectivity index (χ0) is 20.8. The minimum Gasteiger partial charge on any atom is -0.324 e. The predicted molar refractivity (Wildman–Crippen MR) is 108 cm³/mol. The third-order valence-corrected chi connectivity index (χ3v) is 4.90. The maximum Gasteiger partial charge on any atom is 0.321 e. The van der Waals surface area contributed by atoms with E-state index in [1.165, 1.54) is 0 Å². The van der Waals surface area contributed by atoms with Crippen LogP contribution in [0, 0.1) is 19.8 Å². The van der Waals surface area contributed by atoms with Gasteiger partial charge in [0.2, 0.25) is 5.91 Å². The van der Waals surface area contributed by atoms with Gasteiger partial charge in [0.05, 0.1) is 5.69 Å². The van der Waals surface area contributed by atoms with Gasteiger partial charge in [0, 0.05) is 30.4 Å². The van der Waals surface area contributed by atoms with E-state index in [1.54, 1.807) is 9.58 Å². The summed E-state index contributed by atoms with van der Waals surface area (Å²) in [5, 5.41) is 7.07. The van der Waals surface area contributed by atoms with E-state index in [4.69, 9.17) is 0 Å². The highest BCUT2D eigenvalue weighted by molar-refractivity contribution is 5.89. The Bertz CT molecular complexity index is 872. The van der Waals surface area contributed by atoms with E-state index in [-0.39, 0.29) is 30.3 Å². The molecule has 0 bridgehead atoms. The number of likely N-dealkylation sites (tertiary alicyclic amines) is 1. The first-order valence-corrected chi connectivity index (χ1v) is 9.63. The molecule has 3 N–H and O–H groups in total. The number of benzene rings is 1. The lowest BCUT2D eigenvalue weighted by molar-refractivity contribution is -0.132. The van der Waals surface area contributed by atoms with Crippen LogP contribution in [-0.2, 0) is 16.1 Å². The summed E-state index contributed by atoms with van der Waals surface area (Å²) in [6, 6.07) is 11.0. The molecular weight excluding hydrogens is 372 g/mol. The van der Waals surface area contributed by atoms with Gasteiger partial charge in [0.15, 0.2) is 0 Å². The number of carbonyl (C=O) groups excluding carboxylic acids is 3. The van der Waals surface area contributed by atoms with E-state index >= 15 is 0 Å². The third-order valence-electron chi connectivity index (χ3n) is 4.90. The van der Waals surface area contributed by atoms with Crippen molar-refractivity contribution in [3.8, 4) is 0 Å². The molecule has 29 heavy (non-hydrogen) atoms. The Hall–Kier alpha value is -3.36. The number of piperidine rings is 1. The molecule has 1 aliphatic rings. The van der Waals surface area contributed by atoms with Crippen LogP contribution >= 0.6 is 0 Å². The predicted octanol–water partition coefficient (Wildman–Crippen LogP) is 1.59. The number of aryl methyl sites for hydroxylation is 2. The molecule has 0 unspecified atom stereocenters. The molecule has 1 fully saturated rings. The van der Waals surface area contributed by atoms with Crippen LogP contribution in [0.25, 0.3) is 0 Å². The van der Waals surface area contributed by atoms with Crippen molar-refractivity contribution in [2.45, 2.75) is 33.2 Å². The van der Waals surface area contributed by atoms with Crippen LogP contribution in [0.2, 0.25) is 0 Å². The highest BCUT2D eigenvalue weighted by atomic mass is 16.2. The second kappa shape index (κ2) is 9.22. The Morgan fingerprint density at radius 2 is 1.76 bits per heavy atom. The zero-order valence-corrected chi connectivity index (χ0v) is 16.6. The summed E-state index contributed by atoms with van der Waals surface area (Å²) in [4.78, 5) is 38.4. The lowest BCUT2D eigenvalue weighted by Gasteiger charge is -2.31. The number of hydrogen-bond donors (Lipinski definition) is 3. The first-order valence-electron chi connectivity index (χ1n) is 9.63. The Labute approximate surface area is 169 Å². The topological polar surface area (TPSA) is 108 Å². The van der Waals surface area contributed by atoms with E-state index in [0.29, 0.717) is 25.9 Å². The number of anilines is 1. The Morgan fingerprint density at radius 3 is 2.38 bits per heavy atom. The van der Waals surface area contributed by atoms with Gasteiger partial charge < -0.3 is 10.2 Å². The summed E-state index contributed by atoms with van der Waals surface area (Å²) in [5.74, 6) is -0.830. The van der Waals surface area contributed by atoms with Gasteiger partial charge in [-0.1, -0.05) is 18.2 Å². The second-order valence-electron chi connectivity index (χ2n) is 7.18. The van der Waals surface area contributed by atoms with Crippen molar-refractivity contribution in [1.29, 1.82) is 0 Å². The van der Waals surface area contributed by atoms with Gasteiger partial charge in [-0.25, -0.2) is 4.79 Å². The number of hydrazine groups is 1. The number of urea groups is 1. The van der Waals surface area contributed by atoms with Crippen molar-refractivity contribution in [2.75, 3.05) is 18.4 Å². The highest BCUT2D eigenvalue weighted by Gasteiger charge is 2.27. The molecule has 0 atom stereocenters. The molecule has 1 aromatic carbocycles. The number of para-hydroxylation sites is 1. The summed E-state index contributed by atoms with van der Waals surface area (Å²) in [7, 11) is 0. The smallest absolute Gasteiger partial charge is 0.321 e. The van der Waals surface area contributed by atoms with Gasteiger partial charge in [-0.15, -0.1) is 0 Å². The Morgan fingerprint density at radius 1 is 1.07 bits per heavy atom. The number of rotatable bonds is 4. The second-order valence-corrected chi connectivity index (χ2v) is 7.18. The summed E-state index contributed by atoms with van der Waals surface area (Å²) < 4.78 is 1.58. The van der Waals surface area contributed by atoms with Gasteiger partial charge in [-0.05, 0) is 44.9 Å². The van der Waals surface area contributed by atoms with Crippen LogP contribution in [0.15, 0.2) is 36.4 Å². The van der Waals surface area contributed by atoms with Crippen LogP contribution in [0.4, 0.5) is 10.5 Å². The van der Waals surface area contributed by atoms with Crippen LogP contribution in [0.3, 0.4) is 0 Å². The molecule has 154 valence electrons. The Kier molecular flexibility index (Phi) is 6.48. The molecule has 1 aromatic heterocycles. The maximum atomic E-state index is 12.3. The third kappa shape index (κ3) is 5.56. The molecule has 1 aliphatic heterocycles. The molecule has 0 saturated carbocycles. The first-order chi connectivity index (χ1) is 13.9. The van der Waals surface area contributed by atoms with Gasteiger partial charge >= 0.3 is 6.03 Å². The lowest BCUT2D eigenvalue weighted by Crippen LogP contribution is -2.49. The van der Waals surface area contributed by atoms with Gasteiger partial charge in [-0.2, -0.15) is 5.10 Å². The number of amides is 4. The molecule has 3 rings (SSSR count). The van der Waals surface area contributed by atoms with Crippen LogP contribution < -0.4 is 16.2 Å². The summed E-state index contributed by atoms with van der Waals surface area (Å²) in [6.07, 6.45) is 1.09. The molecule has 2 aromatic rings. The molecule has 4 amide bonds. The van der Waals surface area contributed by atoms with Crippen molar-refractivity contribution in [2.24, 2.45) is 5.92 Å². The first kappa shape index (κ1) is 20.4. The normalized spacial score (nSPS) is 14.3. The van der Waals surface area contributed by atoms with Gasteiger partial charge in [0.25, 0.3) is 5.91 Å². The van der Waals surface area contributed by atoms with Crippen molar-refractivity contribution >= 4 is 23.5 Å². The van der Waals surface area contributed by atoms with Crippen LogP contribution in [-0.4, -0.2) is 45.6 Å². The fourth-order valence-electron chi connectivity index (χ4n) is 3.31. The summed E-state index contributed by atoms with van der Waals surface area (Å²) in [5.41, 5.74) is 7.38. The molecule has 0 aliphatic carbocycles. The molecule has 0 spiro atoms. The minimum atomic E-state index is -0.343. The summed E-state index contributed by atoms with van der Waals surface area (Å²) in [6.45, 7) is 4.73. The van der Waals surface area contributed by atoms with Crippen LogP contribution in [0.1, 0.15) is 24.2 Å².